The molecule has 1 nitrogen and oxygen atoms in total. The Labute approximate surface area is 49.9 Å². The maximum Gasteiger partial charge on any atom is 0.0351 e. The molecule has 0 saturated carbocycles. The Balaban J connectivity index is 3.33. The molecule has 0 aliphatic carbocycles. The van der Waals surface area contributed by atoms with Gasteiger partial charge in [0, 0.05) is 6.04 Å². The van der Waals surface area contributed by atoms with Gasteiger partial charge in [-0.2, -0.15) is 0 Å². The molecule has 0 saturated heterocycles. The van der Waals surface area contributed by atoms with Crippen LogP contribution in [0.3, 0.4) is 0 Å². The van der Waals surface area contributed by atoms with Crippen molar-refractivity contribution < 1.29 is 0 Å². The molecule has 0 heterocycles. The molecule has 1 unspecified atom stereocenters. The first-order valence-corrected chi connectivity index (χ1v) is 2.86. The monoisotopic (exact) mass is 117 g/mol. The molecule has 2 heteroatoms. The van der Waals surface area contributed by atoms with Gasteiger partial charge in [0.25, 0.3) is 0 Å². The van der Waals surface area contributed by atoms with E-state index in [1.807, 2.05) is 13.8 Å². The molecule has 1 atom stereocenters. The maximum absolute atomic E-state index is 5.46. The quantitative estimate of drug-likeness (QED) is 0.545. The molecule has 0 aromatic carbocycles. The van der Waals surface area contributed by atoms with Gasteiger partial charge in [0.05, 0.1) is 0 Å². The van der Waals surface area contributed by atoms with E-state index in [0.29, 0.717) is 5.92 Å². The summed E-state index contributed by atoms with van der Waals surface area (Å²) in [6.07, 6.45) is 0. The SMILES string of the molecule is CC(C)C(N)C=S. The van der Waals surface area contributed by atoms with Crippen LogP contribution in [0.15, 0.2) is 0 Å². The highest BCUT2D eigenvalue weighted by atomic mass is 32.1. The number of thiocarbonyl (C=S) groups is 1. The predicted molar refractivity (Wildman–Crippen MR) is 36.5 cm³/mol. The van der Waals surface area contributed by atoms with Crippen LogP contribution in [-0.4, -0.2) is 11.4 Å². The molecule has 42 valence electrons. The van der Waals surface area contributed by atoms with Crippen LogP contribution in [0, 0.1) is 5.92 Å². The van der Waals surface area contributed by atoms with Crippen molar-refractivity contribution in [2.24, 2.45) is 11.7 Å². The second-order valence-electron chi connectivity index (χ2n) is 1.96. The summed E-state index contributed by atoms with van der Waals surface area (Å²) in [4.78, 5) is 0. The van der Waals surface area contributed by atoms with Crippen molar-refractivity contribution in [1.82, 2.24) is 0 Å². The van der Waals surface area contributed by atoms with Crippen LogP contribution in [0.25, 0.3) is 0 Å². The minimum Gasteiger partial charge on any atom is -0.324 e. The van der Waals surface area contributed by atoms with E-state index >= 15 is 0 Å². The lowest BCUT2D eigenvalue weighted by molar-refractivity contribution is 0.606. The average Bonchev–Trinajstić information content (AvgIpc) is 1.65. The summed E-state index contributed by atoms with van der Waals surface area (Å²) in [5, 5.41) is 1.60. The maximum atomic E-state index is 5.46. The Morgan fingerprint density at radius 1 is 1.57 bits per heavy atom. The number of nitrogens with two attached hydrogens (primary N) is 1. The lowest BCUT2D eigenvalue weighted by atomic mass is 10.1. The van der Waals surface area contributed by atoms with Gasteiger partial charge in [-0.15, -0.1) is 0 Å². The smallest absolute Gasteiger partial charge is 0.0351 e. The van der Waals surface area contributed by atoms with Crippen LogP contribution >= 0.6 is 12.2 Å². The summed E-state index contributed by atoms with van der Waals surface area (Å²) in [7, 11) is 0. The molecular formula is C5H11NS. The van der Waals surface area contributed by atoms with Gasteiger partial charge in [0.1, 0.15) is 0 Å². The van der Waals surface area contributed by atoms with Gasteiger partial charge in [0.15, 0.2) is 0 Å². The van der Waals surface area contributed by atoms with Gasteiger partial charge < -0.3 is 5.73 Å². The van der Waals surface area contributed by atoms with Gasteiger partial charge in [-0.25, -0.2) is 0 Å². The molecule has 0 aliphatic heterocycles. The van der Waals surface area contributed by atoms with E-state index in [1.54, 1.807) is 5.37 Å². The van der Waals surface area contributed by atoms with E-state index in [2.05, 4.69) is 12.2 Å². The summed E-state index contributed by atoms with van der Waals surface area (Å²) >= 11 is 4.60. The molecule has 0 aromatic heterocycles. The lowest BCUT2D eigenvalue weighted by Gasteiger charge is -2.06. The van der Waals surface area contributed by atoms with Crippen molar-refractivity contribution in [3.8, 4) is 0 Å². The first-order chi connectivity index (χ1) is 3.18. The molecule has 0 aliphatic rings. The Morgan fingerprint density at radius 3 is 2.00 bits per heavy atom. The number of hydrogen-bond donors (Lipinski definition) is 1. The van der Waals surface area contributed by atoms with E-state index in [9.17, 15) is 0 Å². The van der Waals surface area contributed by atoms with Crippen LogP contribution in [-0.2, 0) is 0 Å². The summed E-state index contributed by atoms with van der Waals surface area (Å²) < 4.78 is 0. The zero-order valence-electron chi connectivity index (χ0n) is 4.72. The zero-order valence-corrected chi connectivity index (χ0v) is 5.53. The first-order valence-electron chi connectivity index (χ1n) is 2.39. The fraction of sp³-hybridized carbons (Fsp3) is 0.800. The van der Waals surface area contributed by atoms with Crippen molar-refractivity contribution in [2.75, 3.05) is 0 Å². The van der Waals surface area contributed by atoms with Gasteiger partial charge in [-0.05, 0) is 11.3 Å². The second-order valence-corrected chi connectivity index (χ2v) is 2.23. The third-order valence-corrected chi connectivity index (χ3v) is 1.24. The first kappa shape index (κ1) is 7.05. The Morgan fingerprint density at radius 2 is 2.00 bits per heavy atom. The normalized spacial score (nSPS) is 14.3. The highest BCUT2D eigenvalue weighted by molar-refractivity contribution is 7.79. The molecule has 0 fully saturated rings. The fourth-order valence-electron chi connectivity index (χ4n) is 0.157. The minimum absolute atomic E-state index is 0.0926. The van der Waals surface area contributed by atoms with E-state index in [1.165, 1.54) is 0 Å². The summed E-state index contributed by atoms with van der Waals surface area (Å²) in [6, 6.07) is 0.0926. The van der Waals surface area contributed by atoms with E-state index in [-0.39, 0.29) is 6.04 Å². The van der Waals surface area contributed by atoms with Gasteiger partial charge in [-0.1, -0.05) is 26.1 Å². The zero-order chi connectivity index (χ0) is 5.86. The summed E-state index contributed by atoms with van der Waals surface area (Å²) in [5.74, 6) is 0.484. The van der Waals surface area contributed by atoms with Crippen LogP contribution in [0.2, 0.25) is 0 Å². The van der Waals surface area contributed by atoms with Crippen LogP contribution in [0.4, 0.5) is 0 Å². The van der Waals surface area contributed by atoms with E-state index in [4.69, 9.17) is 5.73 Å². The molecule has 0 amide bonds. The van der Waals surface area contributed by atoms with Gasteiger partial charge >= 0.3 is 0 Å². The van der Waals surface area contributed by atoms with Crippen LogP contribution in [0.1, 0.15) is 13.8 Å². The molecule has 0 radical (unpaired) electrons. The largest absolute Gasteiger partial charge is 0.324 e. The predicted octanol–water partition coefficient (Wildman–Crippen LogP) is 0.969. The number of hydrogen-bond acceptors (Lipinski definition) is 2. The molecular weight excluding hydrogens is 106 g/mol. The summed E-state index contributed by atoms with van der Waals surface area (Å²) in [6.45, 7) is 4.10. The Kier molecular flexibility index (Phi) is 3.13. The van der Waals surface area contributed by atoms with Gasteiger partial charge in [0.2, 0.25) is 0 Å². The second kappa shape index (κ2) is 3.10. The number of rotatable bonds is 2. The highest BCUT2D eigenvalue weighted by Gasteiger charge is 2.00. The van der Waals surface area contributed by atoms with E-state index < -0.39 is 0 Å². The van der Waals surface area contributed by atoms with Crippen molar-refractivity contribution in [3.05, 3.63) is 0 Å². The minimum atomic E-state index is 0.0926. The third-order valence-electron chi connectivity index (χ3n) is 0.927. The third kappa shape index (κ3) is 2.71. The van der Waals surface area contributed by atoms with Crippen molar-refractivity contribution in [2.45, 2.75) is 19.9 Å². The standard InChI is InChI=1S/C5H11NS/c1-4(2)5(6)3-7/h3-5H,6H2,1-2H3. The molecule has 7 heavy (non-hydrogen) atoms. The van der Waals surface area contributed by atoms with Crippen LogP contribution in [0.5, 0.6) is 0 Å². The van der Waals surface area contributed by atoms with Crippen molar-refractivity contribution in [1.29, 1.82) is 0 Å². The Bertz CT molecular complexity index is 61.1. The fourth-order valence-corrected chi connectivity index (χ4v) is 0.471. The molecule has 0 bridgehead atoms. The highest BCUT2D eigenvalue weighted by Crippen LogP contribution is 1.93. The molecule has 0 spiro atoms. The van der Waals surface area contributed by atoms with Crippen molar-refractivity contribution >= 4 is 17.6 Å². The molecule has 0 rings (SSSR count). The van der Waals surface area contributed by atoms with E-state index in [0.717, 1.165) is 0 Å². The average molecular weight is 117 g/mol. The van der Waals surface area contributed by atoms with Crippen LogP contribution < -0.4 is 5.73 Å². The summed E-state index contributed by atoms with van der Waals surface area (Å²) in [5.41, 5.74) is 5.46. The Hall–Kier alpha value is 0.0500. The lowest BCUT2D eigenvalue weighted by Crippen LogP contribution is -2.26. The molecule has 0 aromatic rings. The topological polar surface area (TPSA) is 26.0 Å². The van der Waals surface area contributed by atoms with Crippen molar-refractivity contribution in [3.63, 3.8) is 0 Å². The molecule has 2 N–H and O–H groups in total. The van der Waals surface area contributed by atoms with Gasteiger partial charge in [-0.3, -0.25) is 0 Å².